The Morgan fingerprint density at radius 2 is 2.39 bits per heavy atom. The van der Waals surface area contributed by atoms with Gasteiger partial charge in [-0.2, -0.15) is 0 Å². The molecular formula is C13H16N2O2S. The van der Waals surface area contributed by atoms with E-state index in [1.54, 1.807) is 24.0 Å². The molecule has 0 aliphatic carbocycles. The third-order valence-electron chi connectivity index (χ3n) is 2.61. The summed E-state index contributed by atoms with van der Waals surface area (Å²) in [4.78, 5) is 4.17. The van der Waals surface area contributed by atoms with Crippen LogP contribution in [0.3, 0.4) is 0 Å². The van der Waals surface area contributed by atoms with E-state index in [-0.39, 0.29) is 0 Å². The lowest BCUT2D eigenvalue weighted by Gasteiger charge is -2.12. The summed E-state index contributed by atoms with van der Waals surface area (Å²) >= 11 is 1.57. The van der Waals surface area contributed by atoms with Crippen LogP contribution in [-0.2, 0) is 6.54 Å². The second-order valence-corrected chi connectivity index (χ2v) is 4.62. The van der Waals surface area contributed by atoms with Gasteiger partial charge in [-0.25, -0.2) is 4.98 Å². The van der Waals surface area contributed by atoms with Crippen LogP contribution in [0.1, 0.15) is 17.4 Å². The van der Waals surface area contributed by atoms with Gasteiger partial charge in [0.05, 0.1) is 24.4 Å². The zero-order valence-electron chi connectivity index (χ0n) is 10.2. The maximum atomic E-state index is 10.0. The van der Waals surface area contributed by atoms with Gasteiger partial charge in [0.15, 0.2) is 0 Å². The highest BCUT2D eigenvalue weighted by molar-refractivity contribution is 7.07. The monoisotopic (exact) mass is 264 g/mol. The predicted molar refractivity (Wildman–Crippen MR) is 71.8 cm³/mol. The number of rotatable bonds is 6. The van der Waals surface area contributed by atoms with Gasteiger partial charge in [0.25, 0.3) is 0 Å². The van der Waals surface area contributed by atoms with Crippen molar-refractivity contribution in [1.29, 1.82) is 0 Å². The molecule has 0 spiro atoms. The third-order valence-corrected chi connectivity index (χ3v) is 3.24. The zero-order chi connectivity index (χ0) is 12.8. The fourth-order valence-corrected chi connectivity index (χ4v) is 2.19. The first-order valence-electron chi connectivity index (χ1n) is 5.69. The Morgan fingerprint density at radius 1 is 1.50 bits per heavy atom. The number of ether oxygens (including phenoxy) is 1. The maximum Gasteiger partial charge on any atom is 0.119 e. The minimum absolute atomic E-state index is 0.491. The number of thiazole rings is 1. The standard InChI is InChI=1S/C13H16N2O2S/c1-17-12-4-2-3-10(5-12)13(16)7-14-6-11-8-18-9-15-11/h2-5,8-9,13-14,16H,6-7H2,1H3. The molecule has 0 saturated heterocycles. The van der Waals surface area contributed by atoms with Gasteiger partial charge >= 0.3 is 0 Å². The van der Waals surface area contributed by atoms with Crippen LogP contribution >= 0.6 is 11.3 Å². The van der Waals surface area contributed by atoms with E-state index >= 15 is 0 Å². The van der Waals surface area contributed by atoms with E-state index in [1.807, 2.05) is 29.6 Å². The van der Waals surface area contributed by atoms with Gasteiger partial charge in [-0.1, -0.05) is 12.1 Å². The van der Waals surface area contributed by atoms with E-state index in [4.69, 9.17) is 4.74 Å². The summed E-state index contributed by atoms with van der Waals surface area (Å²) in [5.41, 5.74) is 3.65. The average molecular weight is 264 g/mol. The SMILES string of the molecule is COc1cccc(C(O)CNCc2cscn2)c1. The first kappa shape index (κ1) is 13.0. The van der Waals surface area contributed by atoms with Crippen LogP contribution in [0, 0.1) is 0 Å². The average Bonchev–Trinajstić information content (AvgIpc) is 2.92. The van der Waals surface area contributed by atoms with Crippen LogP contribution in [0.15, 0.2) is 35.2 Å². The summed E-state index contributed by atoms with van der Waals surface area (Å²) < 4.78 is 5.13. The molecule has 0 amide bonds. The van der Waals surface area contributed by atoms with E-state index in [0.717, 1.165) is 17.0 Å². The lowest BCUT2D eigenvalue weighted by molar-refractivity contribution is 0.174. The van der Waals surface area contributed by atoms with E-state index in [9.17, 15) is 5.11 Å². The lowest BCUT2D eigenvalue weighted by atomic mass is 10.1. The molecule has 1 aromatic carbocycles. The Balaban J connectivity index is 1.85. The highest BCUT2D eigenvalue weighted by atomic mass is 32.1. The summed E-state index contributed by atoms with van der Waals surface area (Å²) in [6, 6.07) is 7.46. The fourth-order valence-electron chi connectivity index (χ4n) is 1.63. The highest BCUT2D eigenvalue weighted by Crippen LogP contribution is 2.18. The number of hydrogen-bond donors (Lipinski definition) is 2. The molecule has 0 aliphatic heterocycles. The van der Waals surface area contributed by atoms with Crippen molar-refractivity contribution in [2.75, 3.05) is 13.7 Å². The fraction of sp³-hybridized carbons (Fsp3) is 0.308. The predicted octanol–water partition coefficient (Wildman–Crippen LogP) is 1.97. The number of aromatic nitrogens is 1. The summed E-state index contributed by atoms with van der Waals surface area (Å²) in [5, 5.41) is 15.2. The van der Waals surface area contributed by atoms with Crippen molar-refractivity contribution in [3.63, 3.8) is 0 Å². The molecule has 2 N–H and O–H groups in total. The highest BCUT2D eigenvalue weighted by Gasteiger charge is 2.08. The molecule has 1 heterocycles. The van der Waals surface area contributed by atoms with Crippen LogP contribution in [-0.4, -0.2) is 23.7 Å². The van der Waals surface area contributed by atoms with Crippen LogP contribution in [0.25, 0.3) is 0 Å². The molecule has 1 atom stereocenters. The number of nitrogens with zero attached hydrogens (tertiary/aromatic N) is 1. The quantitative estimate of drug-likeness (QED) is 0.837. The van der Waals surface area contributed by atoms with E-state index in [2.05, 4.69) is 10.3 Å². The van der Waals surface area contributed by atoms with Gasteiger partial charge in [-0.15, -0.1) is 11.3 Å². The Morgan fingerprint density at radius 3 is 3.11 bits per heavy atom. The lowest BCUT2D eigenvalue weighted by Crippen LogP contribution is -2.21. The summed E-state index contributed by atoms with van der Waals surface area (Å²) in [6.07, 6.45) is -0.543. The smallest absolute Gasteiger partial charge is 0.119 e. The van der Waals surface area contributed by atoms with Crippen molar-refractivity contribution in [1.82, 2.24) is 10.3 Å². The minimum atomic E-state index is -0.543. The number of hydrogen-bond acceptors (Lipinski definition) is 5. The largest absolute Gasteiger partial charge is 0.497 e. The molecule has 2 rings (SSSR count). The van der Waals surface area contributed by atoms with Crippen LogP contribution in [0.4, 0.5) is 0 Å². The van der Waals surface area contributed by atoms with Crippen LogP contribution in [0.5, 0.6) is 5.75 Å². The Bertz CT molecular complexity index is 474. The summed E-state index contributed by atoms with van der Waals surface area (Å²) in [7, 11) is 1.62. The molecule has 0 saturated carbocycles. The third kappa shape index (κ3) is 3.53. The first-order valence-corrected chi connectivity index (χ1v) is 6.63. The van der Waals surface area contributed by atoms with Crippen molar-refractivity contribution in [2.45, 2.75) is 12.6 Å². The number of aliphatic hydroxyl groups is 1. The minimum Gasteiger partial charge on any atom is -0.497 e. The number of nitrogens with one attached hydrogen (secondary N) is 1. The van der Waals surface area contributed by atoms with Crippen LogP contribution < -0.4 is 10.1 Å². The zero-order valence-corrected chi connectivity index (χ0v) is 11.0. The van der Waals surface area contributed by atoms with Gasteiger partial charge < -0.3 is 15.2 Å². The number of methoxy groups -OCH3 is 1. The van der Waals surface area contributed by atoms with Gasteiger partial charge in [0.2, 0.25) is 0 Å². The molecule has 2 aromatic rings. The van der Waals surface area contributed by atoms with Gasteiger partial charge in [-0.3, -0.25) is 0 Å². The van der Waals surface area contributed by atoms with E-state index in [0.29, 0.717) is 13.1 Å². The molecule has 5 heteroatoms. The molecule has 0 fully saturated rings. The molecule has 1 aromatic heterocycles. The molecule has 1 unspecified atom stereocenters. The normalized spacial score (nSPS) is 12.3. The van der Waals surface area contributed by atoms with Crippen molar-refractivity contribution in [2.24, 2.45) is 0 Å². The van der Waals surface area contributed by atoms with Gasteiger partial charge in [0, 0.05) is 18.5 Å². The molecule has 0 radical (unpaired) electrons. The molecule has 96 valence electrons. The number of aliphatic hydroxyl groups excluding tert-OH is 1. The molecule has 0 bridgehead atoms. The number of benzene rings is 1. The Hall–Kier alpha value is -1.43. The van der Waals surface area contributed by atoms with Gasteiger partial charge in [-0.05, 0) is 17.7 Å². The second-order valence-electron chi connectivity index (χ2n) is 3.90. The molecule has 0 aliphatic rings. The van der Waals surface area contributed by atoms with Gasteiger partial charge in [0.1, 0.15) is 5.75 Å². The van der Waals surface area contributed by atoms with Crippen LogP contribution in [0.2, 0.25) is 0 Å². The van der Waals surface area contributed by atoms with Crippen molar-refractivity contribution in [3.05, 3.63) is 46.4 Å². The molecule has 4 nitrogen and oxygen atoms in total. The maximum absolute atomic E-state index is 10.0. The van der Waals surface area contributed by atoms with E-state index < -0.39 is 6.10 Å². The Labute approximate surface area is 110 Å². The summed E-state index contributed by atoms with van der Waals surface area (Å²) in [6.45, 7) is 1.16. The van der Waals surface area contributed by atoms with Crippen molar-refractivity contribution in [3.8, 4) is 5.75 Å². The van der Waals surface area contributed by atoms with E-state index in [1.165, 1.54) is 0 Å². The second kappa shape index (κ2) is 6.49. The van der Waals surface area contributed by atoms with Crippen molar-refractivity contribution < 1.29 is 9.84 Å². The Kier molecular flexibility index (Phi) is 4.69. The molecule has 18 heavy (non-hydrogen) atoms. The topological polar surface area (TPSA) is 54.4 Å². The summed E-state index contributed by atoms with van der Waals surface area (Å²) in [5.74, 6) is 0.756. The first-order chi connectivity index (χ1) is 8.79. The molecular weight excluding hydrogens is 248 g/mol. The van der Waals surface area contributed by atoms with Crippen molar-refractivity contribution >= 4 is 11.3 Å².